The Kier molecular flexibility index (Phi) is 6.63. The van der Waals surface area contributed by atoms with Crippen LogP contribution in [-0.2, 0) is 16.4 Å². The molecule has 0 saturated carbocycles. The number of piperidine rings is 1. The van der Waals surface area contributed by atoms with Crippen molar-refractivity contribution < 1.29 is 13.2 Å². The van der Waals surface area contributed by atoms with Crippen LogP contribution in [0.1, 0.15) is 41.6 Å². The van der Waals surface area contributed by atoms with Crippen LogP contribution in [0.15, 0.2) is 59.5 Å². The van der Waals surface area contributed by atoms with Crippen molar-refractivity contribution in [2.75, 3.05) is 19.6 Å². The monoisotopic (exact) mass is 386 g/mol. The maximum absolute atomic E-state index is 12.6. The van der Waals surface area contributed by atoms with E-state index in [1.807, 2.05) is 18.2 Å². The first-order chi connectivity index (χ1) is 13.1. The summed E-state index contributed by atoms with van der Waals surface area (Å²) in [6, 6.07) is 16.4. The fourth-order valence-electron chi connectivity index (χ4n) is 3.27. The van der Waals surface area contributed by atoms with Crippen LogP contribution in [0.25, 0.3) is 0 Å². The van der Waals surface area contributed by atoms with Gasteiger partial charge in [-0.2, -0.15) is 4.31 Å². The SMILES string of the molecule is O=C(NCCCc1ccccc1)c1ccc(S(=O)(=O)N2CCCCC2)cc1. The summed E-state index contributed by atoms with van der Waals surface area (Å²) < 4.78 is 26.8. The van der Waals surface area contributed by atoms with Crippen molar-refractivity contribution in [3.05, 3.63) is 65.7 Å². The van der Waals surface area contributed by atoms with Crippen molar-refractivity contribution in [3.63, 3.8) is 0 Å². The molecule has 27 heavy (non-hydrogen) atoms. The Morgan fingerprint density at radius 1 is 0.926 bits per heavy atom. The summed E-state index contributed by atoms with van der Waals surface area (Å²) in [5.41, 5.74) is 1.73. The minimum atomic E-state index is -3.45. The molecule has 1 aliphatic heterocycles. The lowest BCUT2D eigenvalue weighted by Gasteiger charge is -2.25. The van der Waals surface area contributed by atoms with Crippen LogP contribution in [0.4, 0.5) is 0 Å². The van der Waals surface area contributed by atoms with E-state index in [0.29, 0.717) is 25.2 Å². The lowest BCUT2D eigenvalue weighted by Crippen LogP contribution is -2.35. The van der Waals surface area contributed by atoms with Gasteiger partial charge >= 0.3 is 0 Å². The number of benzene rings is 2. The number of carbonyl (C=O) groups excluding carboxylic acids is 1. The first kappa shape index (κ1) is 19.6. The van der Waals surface area contributed by atoms with Gasteiger partial charge in [-0.15, -0.1) is 0 Å². The Labute approximate surface area is 161 Å². The van der Waals surface area contributed by atoms with E-state index in [4.69, 9.17) is 0 Å². The molecule has 5 nitrogen and oxygen atoms in total. The molecule has 1 fully saturated rings. The molecule has 0 atom stereocenters. The summed E-state index contributed by atoms with van der Waals surface area (Å²) in [6.45, 7) is 1.74. The van der Waals surface area contributed by atoms with E-state index in [0.717, 1.165) is 32.1 Å². The van der Waals surface area contributed by atoms with Gasteiger partial charge in [0.15, 0.2) is 0 Å². The summed E-state index contributed by atoms with van der Waals surface area (Å²) >= 11 is 0. The zero-order valence-corrected chi connectivity index (χ0v) is 16.2. The lowest BCUT2D eigenvalue weighted by molar-refractivity contribution is 0.0953. The van der Waals surface area contributed by atoms with Gasteiger partial charge in [-0.3, -0.25) is 4.79 Å². The van der Waals surface area contributed by atoms with Crippen LogP contribution in [0.2, 0.25) is 0 Å². The van der Waals surface area contributed by atoms with Gasteiger partial charge in [0.25, 0.3) is 5.91 Å². The van der Waals surface area contributed by atoms with Crippen molar-refractivity contribution in [2.45, 2.75) is 37.0 Å². The van der Waals surface area contributed by atoms with Crippen molar-refractivity contribution >= 4 is 15.9 Å². The highest BCUT2D eigenvalue weighted by Gasteiger charge is 2.25. The van der Waals surface area contributed by atoms with Gasteiger partial charge in [0, 0.05) is 25.2 Å². The Bertz CT molecular complexity index is 843. The summed E-state index contributed by atoms with van der Waals surface area (Å²) in [5.74, 6) is -0.176. The minimum absolute atomic E-state index is 0.176. The molecule has 0 radical (unpaired) electrons. The maximum Gasteiger partial charge on any atom is 0.251 e. The maximum atomic E-state index is 12.6. The molecular formula is C21H26N2O3S. The topological polar surface area (TPSA) is 66.5 Å². The van der Waals surface area contributed by atoms with Gasteiger partial charge in [0.1, 0.15) is 0 Å². The fraction of sp³-hybridized carbons (Fsp3) is 0.381. The second-order valence-electron chi connectivity index (χ2n) is 6.83. The molecule has 0 spiro atoms. The van der Waals surface area contributed by atoms with Crippen LogP contribution < -0.4 is 5.32 Å². The highest BCUT2D eigenvalue weighted by Crippen LogP contribution is 2.20. The van der Waals surface area contributed by atoms with E-state index in [1.165, 1.54) is 22.0 Å². The van der Waals surface area contributed by atoms with E-state index < -0.39 is 10.0 Å². The predicted octanol–water partition coefficient (Wildman–Crippen LogP) is 3.22. The van der Waals surface area contributed by atoms with Crippen LogP contribution in [0.3, 0.4) is 0 Å². The Hall–Kier alpha value is -2.18. The van der Waals surface area contributed by atoms with Crippen LogP contribution >= 0.6 is 0 Å². The molecular weight excluding hydrogens is 360 g/mol. The quantitative estimate of drug-likeness (QED) is 0.743. The van der Waals surface area contributed by atoms with Gasteiger partial charge in [0.2, 0.25) is 10.0 Å². The third kappa shape index (κ3) is 5.17. The molecule has 1 aliphatic rings. The molecule has 3 rings (SSSR count). The van der Waals surface area contributed by atoms with E-state index in [2.05, 4.69) is 17.4 Å². The standard InChI is InChI=1S/C21H26N2O3S/c24-21(22-15-7-10-18-8-3-1-4-9-18)19-11-13-20(14-12-19)27(25,26)23-16-5-2-6-17-23/h1,3-4,8-9,11-14H,2,5-7,10,15-17H2,(H,22,24). The fourth-order valence-corrected chi connectivity index (χ4v) is 4.79. The normalized spacial score (nSPS) is 15.4. The summed E-state index contributed by atoms with van der Waals surface area (Å²) in [6.07, 6.45) is 4.66. The molecule has 1 N–H and O–H groups in total. The van der Waals surface area contributed by atoms with E-state index in [1.54, 1.807) is 12.1 Å². The molecule has 6 heteroatoms. The molecule has 2 aromatic rings. The summed E-state index contributed by atoms with van der Waals surface area (Å²) in [4.78, 5) is 12.5. The molecule has 0 bridgehead atoms. The molecule has 1 heterocycles. The predicted molar refractivity (Wildman–Crippen MR) is 106 cm³/mol. The third-order valence-electron chi connectivity index (χ3n) is 4.84. The molecule has 1 amide bonds. The Morgan fingerprint density at radius 2 is 1.59 bits per heavy atom. The van der Waals surface area contributed by atoms with E-state index in [-0.39, 0.29) is 10.8 Å². The third-order valence-corrected chi connectivity index (χ3v) is 6.75. The Balaban J connectivity index is 1.52. The Morgan fingerprint density at radius 3 is 2.26 bits per heavy atom. The highest BCUT2D eigenvalue weighted by molar-refractivity contribution is 7.89. The van der Waals surface area contributed by atoms with Crippen LogP contribution in [0, 0.1) is 0 Å². The van der Waals surface area contributed by atoms with Crippen molar-refractivity contribution in [1.29, 1.82) is 0 Å². The number of aryl methyl sites for hydroxylation is 1. The molecule has 144 valence electrons. The van der Waals surface area contributed by atoms with Gasteiger partial charge in [-0.05, 0) is 55.5 Å². The van der Waals surface area contributed by atoms with Crippen molar-refractivity contribution in [1.82, 2.24) is 9.62 Å². The van der Waals surface area contributed by atoms with E-state index in [9.17, 15) is 13.2 Å². The molecule has 0 aliphatic carbocycles. The minimum Gasteiger partial charge on any atom is -0.352 e. The van der Waals surface area contributed by atoms with Gasteiger partial charge in [-0.25, -0.2) is 8.42 Å². The van der Waals surface area contributed by atoms with E-state index >= 15 is 0 Å². The highest BCUT2D eigenvalue weighted by atomic mass is 32.2. The summed E-state index contributed by atoms with van der Waals surface area (Å²) in [5, 5.41) is 2.89. The second-order valence-corrected chi connectivity index (χ2v) is 8.77. The van der Waals surface area contributed by atoms with Gasteiger partial charge in [0.05, 0.1) is 4.90 Å². The first-order valence-electron chi connectivity index (χ1n) is 9.50. The average Bonchev–Trinajstić information content (AvgIpc) is 2.72. The number of sulfonamides is 1. The number of hydrogen-bond donors (Lipinski definition) is 1. The number of rotatable bonds is 7. The van der Waals surface area contributed by atoms with Crippen molar-refractivity contribution in [3.8, 4) is 0 Å². The molecule has 2 aromatic carbocycles. The van der Waals surface area contributed by atoms with Crippen molar-refractivity contribution in [2.24, 2.45) is 0 Å². The van der Waals surface area contributed by atoms with Gasteiger partial charge < -0.3 is 5.32 Å². The zero-order chi connectivity index (χ0) is 19.1. The average molecular weight is 387 g/mol. The zero-order valence-electron chi connectivity index (χ0n) is 15.4. The largest absolute Gasteiger partial charge is 0.352 e. The first-order valence-corrected chi connectivity index (χ1v) is 10.9. The summed E-state index contributed by atoms with van der Waals surface area (Å²) in [7, 11) is -3.45. The number of nitrogens with one attached hydrogen (secondary N) is 1. The number of carbonyl (C=O) groups is 1. The lowest BCUT2D eigenvalue weighted by atomic mass is 10.1. The number of hydrogen-bond acceptors (Lipinski definition) is 3. The second kappa shape index (κ2) is 9.15. The molecule has 0 aromatic heterocycles. The van der Waals surface area contributed by atoms with Crippen LogP contribution in [0.5, 0.6) is 0 Å². The molecule has 0 unspecified atom stereocenters. The van der Waals surface area contributed by atoms with Crippen LogP contribution in [-0.4, -0.2) is 38.3 Å². The van der Waals surface area contributed by atoms with Gasteiger partial charge in [-0.1, -0.05) is 36.8 Å². The number of amides is 1. The smallest absolute Gasteiger partial charge is 0.251 e. The number of nitrogens with zero attached hydrogens (tertiary/aromatic N) is 1. The molecule has 1 saturated heterocycles.